The minimum Gasteiger partial charge on any atom is -0.371 e. The molecular weight excluding hydrogens is 350 g/mol. The molecule has 0 amide bonds. The molecule has 3 aliphatic carbocycles. The minimum atomic E-state index is -4.00. The van der Waals surface area contributed by atoms with E-state index in [1.165, 1.54) is 5.56 Å². The van der Waals surface area contributed by atoms with Crippen LogP contribution in [0.3, 0.4) is 0 Å². The van der Waals surface area contributed by atoms with Crippen molar-refractivity contribution in [1.29, 1.82) is 0 Å². The Balaban J connectivity index is 1.63. The average molecular weight is 375 g/mol. The first kappa shape index (κ1) is 17.7. The molecule has 3 aliphatic rings. The largest absolute Gasteiger partial charge is 0.380 e. The van der Waals surface area contributed by atoms with Gasteiger partial charge in [0.05, 0.1) is 0 Å². The highest BCUT2D eigenvalue weighted by Gasteiger charge is 2.52. The molecule has 1 saturated carbocycles. The lowest BCUT2D eigenvalue weighted by Gasteiger charge is -2.50. The molecule has 0 aliphatic heterocycles. The van der Waals surface area contributed by atoms with Gasteiger partial charge in [-0.1, -0.05) is 19.1 Å². The van der Waals surface area contributed by atoms with E-state index in [9.17, 15) is 13.2 Å². The maximum absolute atomic E-state index is 12.1. The summed E-state index contributed by atoms with van der Waals surface area (Å²) in [5, 5.41) is 4.98. The third-order valence-corrected chi connectivity index (χ3v) is 7.30. The van der Waals surface area contributed by atoms with Crippen LogP contribution in [0.4, 0.5) is 0 Å². The van der Waals surface area contributed by atoms with Crippen LogP contribution in [0.15, 0.2) is 29.8 Å². The van der Waals surface area contributed by atoms with Gasteiger partial charge in [-0.15, -0.1) is 0 Å². The van der Waals surface area contributed by atoms with Crippen molar-refractivity contribution in [3.8, 4) is 5.75 Å². The van der Waals surface area contributed by atoms with Crippen LogP contribution in [0, 0.1) is 17.3 Å². The van der Waals surface area contributed by atoms with Crippen molar-refractivity contribution >= 4 is 16.1 Å². The molecule has 26 heavy (non-hydrogen) atoms. The van der Waals surface area contributed by atoms with Gasteiger partial charge in [-0.2, -0.15) is 13.6 Å². The first-order valence-corrected chi connectivity index (χ1v) is 10.7. The molecule has 1 aromatic rings. The summed E-state index contributed by atoms with van der Waals surface area (Å²) in [5.41, 5.74) is 3.51. The summed E-state index contributed by atoms with van der Waals surface area (Å²) < 4.78 is 27.2. The first-order valence-electron chi connectivity index (χ1n) is 9.25. The van der Waals surface area contributed by atoms with E-state index in [1.807, 2.05) is 12.1 Å². The molecule has 140 valence electrons. The lowest BCUT2D eigenvalue weighted by Crippen LogP contribution is -2.42. The maximum atomic E-state index is 12.1. The van der Waals surface area contributed by atoms with Crippen LogP contribution in [-0.4, -0.2) is 14.2 Å². The fourth-order valence-corrected chi connectivity index (χ4v) is 6.23. The highest BCUT2D eigenvalue weighted by molar-refractivity contribution is 7.84. The first-order chi connectivity index (χ1) is 12.2. The summed E-state index contributed by atoms with van der Waals surface area (Å²) in [4.78, 5) is 12.1. The molecule has 0 saturated heterocycles. The van der Waals surface area contributed by atoms with Gasteiger partial charge in [-0.3, -0.25) is 4.79 Å². The number of rotatable bonds is 3. The Labute approximate surface area is 154 Å². The van der Waals surface area contributed by atoms with Gasteiger partial charge in [-0.05, 0) is 91.0 Å². The molecule has 0 unspecified atom stereocenters. The molecule has 1 aromatic carbocycles. The van der Waals surface area contributed by atoms with Crippen LogP contribution >= 0.6 is 0 Å². The molecule has 6 heteroatoms. The molecule has 0 bridgehead atoms. The Hall–Kier alpha value is -1.66. The molecule has 0 heterocycles. The van der Waals surface area contributed by atoms with Crippen LogP contribution in [-0.2, 0) is 21.5 Å². The number of carbonyl (C=O) groups is 1. The standard InChI is InChI=1S/C20H25NO4S/c1-12(22)18-7-8-19-17-5-3-13-11-14(25-26(21,23)24)4-6-15(13)16(17)9-10-20(18,19)2/h4,6-7,11,16-17,19H,3,5,8-10H2,1-2H3,(H2,21,23,24)/t16-,17-,19+,20-/m1/s1. The zero-order valence-electron chi connectivity index (χ0n) is 15.2. The number of nitrogens with two attached hydrogens (primary N) is 1. The number of Topliss-reactive ketones (excluding diaryl/α,β-unsaturated/α-hetero) is 1. The zero-order chi connectivity index (χ0) is 18.7. The SMILES string of the molecule is CC(=O)C1=CC[C@H]2[C@@H]3CCc4cc(OS(N)(=O)=O)ccc4[C@H]3CC[C@]12C. The summed E-state index contributed by atoms with van der Waals surface area (Å²) in [7, 11) is -4.00. The van der Waals surface area contributed by atoms with Gasteiger partial charge in [-0.25, -0.2) is 0 Å². The Bertz CT molecular complexity index is 904. The number of ketones is 1. The zero-order valence-corrected chi connectivity index (χ0v) is 16.0. The summed E-state index contributed by atoms with van der Waals surface area (Å²) >= 11 is 0. The van der Waals surface area contributed by atoms with Gasteiger partial charge in [0, 0.05) is 0 Å². The van der Waals surface area contributed by atoms with E-state index < -0.39 is 10.3 Å². The summed E-state index contributed by atoms with van der Waals surface area (Å²) in [6.45, 7) is 3.96. The van der Waals surface area contributed by atoms with Gasteiger partial charge >= 0.3 is 10.3 Å². The highest BCUT2D eigenvalue weighted by atomic mass is 32.2. The topological polar surface area (TPSA) is 86.5 Å². The monoisotopic (exact) mass is 375 g/mol. The molecule has 0 spiro atoms. The van der Waals surface area contributed by atoms with Crippen molar-refractivity contribution in [2.75, 3.05) is 0 Å². The summed E-state index contributed by atoms with van der Waals surface area (Å²) in [6, 6.07) is 5.52. The number of hydrogen-bond acceptors (Lipinski definition) is 4. The van der Waals surface area contributed by atoms with E-state index >= 15 is 0 Å². The van der Waals surface area contributed by atoms with Gasteiger partial charge in [0.15, 0.2) is 5.78 Å². The highest BCUT2D eigenvalue weighted by Crippen LogP contribution is 2.61. The van der Waals surface area contributed by atoms with E-state index in [1.54, 1.807) is 13.0 Å². The molecule has 1 fully saturated rings. The number of carbonyl (C=O) groups excluding carboxylic acids is 1. The van der Waals surface area contributed by atoms with Crippen LogP contribution in [0.25, 0.3) is 0 Å². The van der Waals surface area contributed by atoms with Crippen molar-refractivity contribution in [2.45, 2.75) is 51.9 Å². The van der Waals surface area contributed by atoms with E-state index in [0.29, 0.717) is 17.8 Å². The van der Waals surface area contributed by atoms with Crippen molar-refractivity contribution in [1.82, 2.24) is 0 Å². The quantitative estimate of drug-likeness (QED) is 0.878. The second kappa shape index (κ2) is 5.92. The summed E-state index contributed by atoms with van der Waals surface area (Å²) in [5.74, 6) is 2.06. The van der Waals surface area contributed by atoms with Crippen molar-refractivity contribution in [3.63, 3.8) is 0 Å². The van der Waals surface area contributed by atoms with Crippen LogP contribution in [0.2, 0.25) is 0 Å². The van der Waals surface area contributed by atoms with Crippen molar-refractivity contribution in [3.05, 3.63) is 41.0 Å². The van der Waals surface area contributed by atoms with Crippen LogP contribution < -0.4 is 9.32 Å². The minimum absolute atomic E-state index is 0.0151. The number of hydrogen-bond donors (Lipinski definition) is 1. The molecule has 4 atom stereocenters. The number of aryl methyl sites for hydroxylation is 1. The average Bonchev–Trinajstić information content (AvgIpc) is 2.90. The number of allylic oxidation sites excluding steroid dienone is 2. The fraction of sp³-hybridized carbons (Fsp3) is 0.550. The van der Waals surface area contributed by atoms with E-state index in [4.69, 9.17) is 9.32 Å². The van der Waals surface area contributed by atoms with Crippen LogP contribution in [0.5, 0.6) is 5.75 Å². The molecule has 2 N–H and O–H groups in total. The van der Waals surface area contributed by atoms with E-state index in [0.717, 1.165) is 43.2 Å². The van der Waals surface area contributed by atoms with Crippen molar-refractivity contribution < 1.29 is 17.4 Å². The third kappa shape index (κ3) is 2.79. The molecule has 4 rings (SSSR count). The Morgan fingerprint density at radius 1 is 1.31 bits per heavy atom. The van der Waals surface area contributed by atoms with Gasteiger partial charge in [0.2, 0.25) is 0 Å². The lowest BCUT2D eigenvalue weighted by atomic mass is 9.54. The smallest absolute Gasteiger partial charge is 0.371 e. The predicted molar refractivity (Wildman–Crippen MR) is 98.9 cm³/mol. The Morgan fingerprint density at radius 3 is 2.77 bits per heavy atom. The van der Waals surface area contributed by atoms with Gasteiger partial charge < -0.3 is 4.18 Å². The van der Waals surface area contributed by atoms with E-state index in [2.05, 4.69) is 13.0 Å². The fourth-order valence-electron chi connectivity index (χ4n) is 5.86. The Kier molecular flexibility index (Phi) is 4.04. The molecule has 5 nitrogen and oxygen atoms in total. The van der Waals surface area contributed by atoms with Gasteiger partial charge in [0.25, 0.3) is 0 Å². The van der Waals surface area contributed by atoms with Crippen LogP contribution in [0.1, 0.15) is 56.6 Å². The number of benzene rings is 1. The number of fused-ring (bicyclic) bond motifs is 5. The second-order valence-electron chi connectivity index (χ2n) is 8.22. The summed E-state index contributed by atoms with van der Waals surface area (Å²) in [6.07, 6.45) is 7.22. The predicted octanol–water partition coefficient (Wildman–Crippen LogP) is 3.25. The lowest BCUT2D eigenvalue weighted by molar-refractivity contribution is -0.115. The molecule has 0 aromatic heterocycles. The maximum Gasteiger partial charge on any atom is 0.380 e. The van der Waals surface area contributed by atoms with E-state index in [-0.39, 0.29) is 16.9 Å². The Morgan fingerprint density at radius 2 is 2.08 bits per heavy atom. The molecular formula is C20H25NO4S. The second-order valence-corrected chi connectivity index (χ2v) is 9.37. The van der Waals surface area contributed by atoms with Crippen molar-refractivity contribution in [2.24, 2.45) is 22.4 Å². The molecule has 0 radical (unpaired) electrons. The van der Waals surface area contributed by atoms with Gasteiger partial charge in [0.1, 0.15) is 5.75 Å². The normalized spacial score (nSPS) is 32.9. The third-order valence-electron chi connectivity index (χ3n) is 6.87.